The molecule has 0 aliphatic carbocycles. The molecule has 1 atom stereocenters. The first kappa shape index (κ1) is 9.54. The minimum Gasteiger partial charge on any atom is -0.454 e. The summed E-state index contributed by atoms with van der Waals surface area (Å²) in [6.07, 6.45) is 1.60. The highest BCUT2D eigenvalue weighted by molar-refractivity contribution is 5.84. The smallest absolute Gasteiger partial charge is 0.231 e. The third kappa shape index (κ3) is 1.42. The molecular formula is C12H13NO3. The molecule has 2 heterocycles. The van der Waals surface area contributed by atoms with E-state index in [0.29, 0.717) is 13.3 Å². The molecule has 1 N–H and O–H groups in total. The van der Waals surface area contributed by atoms with E-state index in [2.05, 4.69) is 0 Å². The lowest BCUT2D eigenvalue weighted by molar-refractivity contribution is 0.173. The van der Waals surface area contributed by atoms with Gasteiger partial charge in [0.15, 0.2) is 11.5 Å². The van der Waals surface area contributed by atoms with Crippen LogP contribution in [-0.2, 0) is 6.54 Å². The molecule has 1 aromatic heterocycles. The highest BCUT2D eigenvalue weighted by Crippen LogP contribution is 2.36. The lowest BCUT2D eigenvalue weighted by Gasteiger charge is -2.07. The largest absolute Gasteiger partial charge is 0.454 e. The third-order valence-corrected chi connectivity index (χ3v) is 2.73. The quantitative estimate of drug-likeness (QED) is 0.836. The van der Waals surface area contributed by atoms with E-state index in [4.69, 9.17) is 9.47 Å². The third-order valence-electron chi connectivity index (χ3n) is 2.73. The molecular weight excluding hydrogens is 206 g/mol. The number of aliphatic hydroxyl groups is 1. The molecule has 1 aliphatic rings. The Morgan fingerprint density at radius 2 is 2.12 bits per heavy atom. The minimum absolute atomic E-state index is 0.290. The van der Waals surface area contributed by atoms with Crippen LogP contribution in [0, 0.1) is 0 Å². The average Bonchev–Trinajstić information content (AvgIpc) is 2.81. The van der Waals surface area contributed by atoms with Gasteiger partial charge in [-0.25, -0.2) is 0 Å². The van der Waals surface area contributed by atoms with Crippen molar-refractivity contribution in [2.45, 2.75) is 19.6 Å². The van der Waals surface area contributed by atoms with Crippen LogP contribution in [0.5, 0.6) is 11.5 Å². The molecule has 1 unspecified atom stereocenters. The van der Waals surface area contributed by atoms with Gasteiger partial charge in [0.1, 0.15) is 0 Å². The Bertz CT molecular complexity index is 530. The molecule has 0 saturated carbocycles. The second-order valence-electron chi connectivity index (χ2n) is 4.08. The molecule has 0 bridgehead atoms. The molecule has 0 spiro atoms. The average molecular weight is 219 g/mol. The Labute approximate surface area is 93.0 Å². The number of ether oxygens (including phenoxy) is 2. The number of hydrogen-bond acceptors (Lipinski definition) is 3. The van der Waals surface area contributed by atoms with Crippen molar-refractivity contribution in [2.75, 3.05) is 6.79 Å². The molecule has 0 amide bonds. The van der Waals surface area contributed by atoms with Gasteiger partial charge in [-0.1, -0.05) is 0 Å². The number of aromatic nitrogens is 1. The van der Waals surface area contributed by atoms with E-state index in [9.17, 15) is 5.11 Å². The van der Waals surface area contributed by atoms with E-state index < -0.39 is 0 Å². The van der Waals surface area contributed by atoms with Crippen molar-refractivity contribution in [1.29, 1.82) is 0 Å². The lowest BCUT2D eigenvalue weighted by Crippen LogP contribution is -2.10. The van der Waals surface area contributed by atoms with Crippen molar-refractivity contribution in [1.82, 2.24) is 4.57 Å². The molecule has 1 aromatic carbocycles. The van der Waals surface area contributed by atoms with Gasteiger partial charge < -0.3 is 19.1 Å². The van der Waals surface area contributed by atoms with Crippen molar-refractivity contribution < 1.29 is 14.6 Å². The van der Waals surface area contributed by atoms with Gasteiger partial charge in [-0.2, -0.15) is 0 Å². The van der Waals surface area contributed by atoms with E-state index in [1.54, 1.807) is 6.92 Å². The van der Waals surface area contributed by atoms with Crippen LogP contribution in [-0.4, -0.2) is 22.6 Å². The van der Waals surface area contributed by atoms with Crippen LogP contribution >= 0.6 is 0 Å². The monoisotopic (exact) mass is 219 g/mol. The number of hydrogen-bond donors (Lipinski definition) is 1. The van der Waals surface area contributed by atoms with E-state index in [1.165, 1.54) is 0 Å². The number of benzene rings is 1. The van der Waals surface area contributed by atoms with Crippen LogP contribution in [0.3, 0.4) is 0 Å². The zero-order valence-electron chi connectivity index (χ0n) is 9.01. The van der Waals surface area contributed by atoms with Gasteiger partial charge in [-0.3, -0.25) is 0 Å². The zero-order chi connectivity index (χ0) is 11.1. The Morgan fingerprint density at radius 3 is 2.88 bits per heavy atom. The summed E-state index contributed by atoms with van der Waals surface area (Å²) in [6, 6.07) is 5.94. The molecule has 4 heteroatoms. The predicted octanol–water partition coefficient (Wildman–Crippen LogP) is 1.75. The second-order valence-corrected chi connectivity index (χ2v) is 4.08. The Kier molecular flexibility index (Phi) is 2.04. The summed E-state index contributed by atoms with van der Waals surface area (Å²) in [5.41, 5.74) is 1.06. The van der Waals surface area contributed by atoms with Gasteiger partial charge in [0.25, 0.3) is 0 Å². The minimum atomic E-state index is -0.360. The van der Waals surface area contributed by atoms with Crippen molar-refractivity contribution in [2.24, 2.45) is 0 Å². The summed E-state index contributed by atoms with van der Waals surface area (Å²) in [5, 5.41) is 10.5. The Morgan fingerprint density at radius 1 is 1.38 bits per heavy atom. The van der Waals surface area contributed by atoms with E-state index in [1.807, 2.05) is 29.0 Å². The van der Waals surface area contributed by atoms with Gasteiger partial charge >= 0.3 is 0 Å². The zero-order valence-corrected chi connectivity index (χ0v) is 9.01. The Balaban J connectivity index is 2.12. The fourth-order valence-corrected chi connectivity index (χ4v) is 2.02. The summed E-state index contributed by atoms with van der Waals surface area (Å²) in [6.45, 7) is 2.65. The standard InChI is InChI=1S/C12H13NO3/c1-8(14)6-13-3-2-9-4-11-12(5-10(9)13)16-7-15-11/h2-5,8,14H,6-7H2,1H3. The molecule has 84 valence electrons. The second kappa shape index (κ2) is 3.42. The number of rotatable bonds is 2. The summed E-state index contributed by atoms with van der Waals surface area (Å²) < 4.78 is 12.7. The topological polar surface area (TPSA) is 43.6 Å². The van der Waals surface area contributed by atoms with Crippen LogP contribution in [0.25, 0.3) is 10.9 Å². The summed E-state index contributed by atoms with van der Waals surface area (Å²) in [5.74, 6) is 1.57. The highest BCUT2D eigenvalue weighted by atomic mass is 16.7. The molecule has 0 radical (unpaired) electrons. The van der Waals surface area contributed by atoms with Crippen molar-refractivity contribution in [3.63, 3.8) is 0 Å². The van der Waals surface area contributed by atoms with E-state index >= 15 is 0 Å². The van der Waals surface area contributed by atoms with Gasteiger partial charge in [-0.15, -0.1) is 0 Å². The predicted molar refractivity (Wildman–Crippen MR) is 59.7 cm³/mol. The molecule has 2 aromatic rings. The molecule has 0 fully saturated rings. The van der Waals surface area contributed by atoms with Crippen LogP contribution < -0.4 is 9.47 Å². The molecule has 4 nitrogen and oxygen atoms in total. The first-order valence-corrected chi connectivity index (χ1v) is 5.30. The van der Waals surface area contributed by atoms with Crippen molar-refractivity contribution in [3.05, 3.63) is 24.4 Å². The van der Waals surface area contributed by atoms with Gasteiger partial charge in [0.05, 0.1) is 11.6 Å². The van der Waals surface area contributed by atoms with Crippen LogP contribution in [0.15, 0.2) is 24.4 Å². The number of fused-ring (bicyclic) bond motifs is 2. The fourth-order valence-electron chi connectivity index (χ4n) is 2.02. The maximum atomic E-state index is 9.40. The summed E-state index contributed by atoms with van der Waals surface area (Å²) in [4.78, 5) is 0. The maximum absolute atomic E-state index is 9.40. The molecule has 16 heavy (non-hydrogen) atoms. The van der Waals surface area contributed by atoms with Crippen LogP contribution in [0.2, 0.25) is 0 Å². The highest BCUT2D eigenvalue weighted by Gasteiger charge is 2.15. The maximum Gasteiger partial charge on any atom is 0.231 e. The first-order chi connectivity index (χ1) is 7.74. The van der Waals surface area contributed by atoms with E-state index in [0.717, 1.165) is 22.4 Å². The summed E-state index contributed by atoms with van der Waals surface area (Å²) >= 11 is 0. The van der Waals surface area contributed by atoms with Crippen LogP contribution in [0.4, 0.5) is 0 Å². The Hall–Kier alpha value is -1.68. The lowest BCUT2D eigenvalue weighted by atomic mass is 10.2. The summed E-state index contributed by atoms with van der Waals surface area (Å²) in [7, 11) is 0. The van der Waals surface area contributed by atoms with Gasteiger partial charge in [-0.05, 0) is 19.1 Å². The SMILES string of the molecule is CC(O)Cn1ccc2cc3c(cc21)OCO3. The first-order valence-electron chi connectivity index (χ1n) is 5.30. The van der Waals surface area contributed by atoms with E-state index in [-0.39, 0.29) is 6.10 Å². The fraction of sp³-hybridized carbons (Fsp3) is 0.333. The van der Waals surface area contributed by atoms with Gasteiger partial charge in [0, 0.05) is 24.2 Å². The molecule has 0 saturated heterocycles. The molecule has 1 aliphatic heterocycles. The van der Waals surface area contributed by atoms with Crippen molar-refractivity contribution >= 4 is 10.9 Å². The number of nitrogens with zero attached hydrogens (tertiary/aromatic N) is 1. The normalized spacial score (nSPS) is 15.6. The van der Waals surface area contributed by atoms with Gasteiger partial charge in [0.2, 0.25) is 6.79 Å². The van der Waals surface area contributed by atoms with Crippen LogP contribution in [0.1, 0.15) is 6.92 Å². The number of aliphatic hydroxyl groups excluding tert-OH is 1. The van der Waals surface area contributed by atoms with Crippen molar-refractivity contribution in [3.8, 4) is 11.5 Å². The molecule has 3 rings (SSSR count).